The molecule has 0 atom stereocenters. The SMILES string of the molecule is COC1CCC(COS(C)(=O)=O)CC1. The predicted molar refractivity (Wildman–Crippen MR) is 53.6 cm³/mol. The Labute approximate surface area is 85.7 Å². The van der Waals surface area contributed by atoms with Crippen LogP contribution in [0.5, 0.6) is 0 Å². The Hall–Kier alpha value is -0.130. The molecule has 84 valence electrons. The molecular weight excluding hydrogens is 204 g/mol. The summed E-state index contributed by atoms with van der Waals surface area (Å²) in [4.78, 5) is 0. The summed E-state index contributed by atoms with van der Waals surface area (Å²) in [5.74, 6) is 0.371. The smallest absolute Gasteiger partial charge is 0.264 e. The fraction of sp³-hybridized carbons (Fsp3) is 1.00. The molecule has 5 heteroatoms. The van der Waals surface area contributed by atoms with Gasteiger partial charge in [0, 0.05) is 7.11 Å². The number of ether oxygens (including phenoxy) is 1. The molecule has 0 aromatic heterocycles. The molecule has 0 heterocycles. The Bertz CT molecular complexity index is 252. The summed E-state index contributed by atoms with van der Waals surface area (Å²) in [5.41, 5.74) is 0. The standard InChI is InChI=1S/C9H18O4S/c1-12-9-5-3-8(4-6-9)7-13-14(2,10)11/h8-9H,3-7H2,1-2H3. The maximum Gasteiger partial charge on any atom is 0.264 e. The van der Waals surface area contributed by atoms with Gasteiger partial charge in [0.2, 0.25) is 0 Å². The Morgan fingerprint density at radius 1 is 1.21 bits per heavy atom. The van der Waals surface area contributed by atoms with Gasteiger partial charge in [0.05, 0.1) is 19.0 Å². The molecule has 0 radical (unpaired) electrons. The zero-order valence-corrected chi connectivity index (χ0v) is 9.55. The van der Waals surface area contributed by atoms with Crippen LogP contribution in [-0.2, 0) is 19.0 Å². The van der Waals surface area contributed by atoms with E-state index in [1.807, 2.05) is 0 Å². The Kier molecular flexibility index (Phi) is 4.34. The van der Waals surface area contributed by atoms with Crippen LogP contribution in [0.3, 0.4) is 0 Å². The van der Waals surface area contributed by atoms with Crippen molar-refractivity contribution in [3.05, 3.63) is 0 Å². The lowest BCUT2D eigenvalue weighted by molar-refractivity contribution is 0.0488. The molecule has 1 aliphatic carbocycles. The predicted octanol–water partition coefficient (Wildman–Crippen LogP) is 1.17. The van der Waals surface area contributed by atoms with Gasteiger partial charge < -0.3 is 4.74 Å². The van der Waals surface area contributed by atoms with Crippen LogP contribution in [0.15, 0.2) is 0 Å². The van der Waals surface area contributed by atoms with Gasteiger partial charge in [0.1, 0.15) is 0 Å². The second kappa shape index (κ2) is 5.09. The second-order valence-electron chi connectivity index (χ2n) is 3.87. The monoisotopic (exact) mass is 222 g/mol. The molecule has 0 spiro atoms. The van der Waals surface area contributed by atoms with Crippen molar-refractivity contribution in [2.75, 3.05) is 20.0 Å². The van der Waals surface area contributed by atoms with E-state index in [2.05, 4.69) is 0 Å². The van der Waals surface area contributed by atoms with Crippen molar-refractivity contribution in [3.8, 4) is 0 Å². The molecular formula is C9H18O4S. The van der Waals surface area contributed by atoms with E-state index in [1.54, 1.807) is 7.11 Å². The van der Waals surface area contributed by atoms with Crippen LogP contribution in [0, 0.1) is 5.92 Å². The summed E-state index contributed by atoms with van der Waals surface area (Å²) in [6.07, 6.45) is 5.45. The molecule has 0 aliphatic heterocycles. The summed E-state index contributed by atoms with van der Waals surface area (Å²) in [6.45, 7) is 0.329. The average Bonchev–Trinajstić information content (AvgIpc) is 2.14. The van der Waals surface area contributed by atoms with E-state index < -0.39 is 10.1 Å². The van der Waals surface area contributed by atoms with Gasteiger partial charge in [-0.3, -0.25) is 4.18 Å². The lowest BCUT2D eigenvalue weighted by Gasteiger charge is -2.26. The van der Waals surface area contributed by atoms with E-state index in [0.717, 1.165) is 31.9 Å². The van der Waals surface area contributed by atoms with Crippen LogP contribution in [0.1, 0.15) is 25.7 Å². The van der Waals surface area contributed by atoms with Crippen molar-refractivity contribution in [2.24, 2.45) is 5.92 Å². The third-order valence-electron chi connectivity index (χ3n) is 2.64. The van der Waals surface area contributed by atoms with E-state index in [1.165, 1.54) is 0 Å². The van der Waals surface area contributed by atoms with Crippen molar-refractivity contribution < 1.29 is 17.3 Å². The Morgan fingerprint density at radius 2 is 1.79 bits per heavy atom. The summed E-state index contributed by atoms with van der Waals surface area (Å²) >= 11 is 0. The van der Waals surface area contributed by atoms with Gasteiger partial charge in [-0.1, -0.05) is 0 Å². The molecule has 0 N–H and O–H groups in total. The molecule has 0 bridgehead atoms. The van der Waals surface area contributed by atoms with E-state index >= 15 is 0 Å². The zero-order valence-electron chi connectivity index (χ0n) is 8.73. The van der Waals surface area contributed by atoms with E-state index in [9.17, 15) is 8.42 Å². The van der Waals surface area contributed by atoms with Gasteiger partial charge in [-0.05, 0) is 31.6 Å². The molecule has 0 aromatic carbocycles. The maximum absolute atomic E-state index is 10.7. The molecule has 0 amide bonds. The van der Waals surface area contributed by atoms with Crippen LogP contribution >= 0.6 is 0 Å². The first-order chi connectivity index (χ1) is 6.51. The summed E-state index contributed by atoms with van der Waals surface area (Å²) < 4.78 is 31.5. The molecule has 0 saturated heterocycles. The first kappa shape index (κ1) is 11.9. The van der Waals surface area contributed by atoms with Gasteiger partial charge in [-0.25, -0.2) is 0 Å². The number of hydrogen-bond acceptors (Lipinski definition) is 4. The molecule has 0 unspecified atom stereocenters. The molecule has 1 rings (SSSR count). The molecule has 1 aliphatic rings. The van der Waals surface area contributed by atoms with Gasteiger partial charge in [-0.15, -0.1) is 0 Å². The largest absolute Gasteiger partial charge is 0.381 e. The lowest BCUT2D eigenvalue weighted by atomic mass is 9.88. The fourth-order valence-electron chi connectivity index (χ4n) is 1.75. The Balaban J connectivity index is 2.23. The highest BCUT2D eigenvalue weighted by Crippen LogP contribution is 2.26. The van der Waals surface area contributed by atoms with Crippen molar-refractivity contribution in [1.29, 1.82) is 0 Å². The minimum absolute atomic E-state index is 0.329. The molecule has 0 aromatic rings. The van der Waals surface area contributed by atoms with E-state index in [-0.39, 0.29) is 0 Å². The third-order valence-corrected chi connectivity index (χ3v) is 3.21. The summed E-state index contributed by atoms with van der Waals surface area (Å²) in [7, 11) is -1.55. The van der Waals surface area contributed by atoms with Crippen molar-refractivity contribution >= 4 is 10.1 Å². The average molecular weight is 222 g/mol. The molecule has 14 heavy (non-hydrogen) atoms. The van der Waals surface area contributed by atoms with E-state index in [0.29, 0.717) is 18.6 Å². The van der Waals surface area contributed by atoms with Gasteiger partial charge in [0.15, 0.2) is 0 Å². The van der Waals surface area contributed by atoms with Crippen LogP contribution in [0.2, 0.25) is 0 Å². The van der Waals surface area contributed by atoms with Crippen LogP contribution in [-0.4, -0.2) is 34.5 Å². The third kappa shape index (κ3) is 4.39. The highest BCUT2D eigenvalue weighted by molar-refractivity contribution is 7.85. The highest BCUT2D eigenvalue weighted by Gasteiger charge is 2.21. The second-order valence-corrected chi connectivity index (χ2v) is 5.51. The number of rotatable bonds is 4. The van der Waals surface area contributed by atoms with E-state index in [4.69, 9.17) is 8.92 Å². The molecule has 1 fully saturated rings. The number of methoxy groups -OCH3 is 1. The highest BCUT2D eigenvalue weighted by atomic mass is 32.2. The van der Waals surface area contributed by atoms with Gasteiger partial charge in [0.25, 0.3) is 10.1 Å². The fourth-order valence-corrected chi connectivity index (χ4v) is 2.19. The zero-order chi connectivity index (χ0) is 10.6. The van der Waals surface area contributed by atoms with Crippen LogP contribution < -0.4 is 0 Å². The van der Waals surface area contributed by atoms with Crippen molar-refractivity contribution in [2.45, 2.75) is 31.8 Å². The minimum Gasteiger partial charge on any atom is -0.381 e. The van der Waals surface area contributed by atoms with Crippen LogP contribution in [0.4, 0.5) is 0 Å². The van der Waals surface area contributed by atoms with Crippen LogP contribution in [0.25, 0.3) is 0 Å². The molecule has 4 nitrogen and oxygen atoms in total. The van der Waals surface area contributed by atoms with Gasteiger partial charge in [-0.2, -0.15) is 8.42 Å². The quantitative estimate of drug-likeness (QED) is 0.670. The van der Waals surface area contributed by atoms with Gasteiger partial charge >= 0.3 is 0 Å². The summed E-state index contributed by atoms with van der Waals surface area (Å²) in [5, 5.41) is 0. The first-order valence-electron chi connectivity index (χ1n) is 4.88. The summed E-state index contributed by atoms with van der Waals surface area (Å²) in [6, 6.07) is 0. The lowest BCUT2D eigenvalue weighted by Crippen LogP contribution is -2.24. The topological polar surface area (TPSA) is 52.6 Å². The van der Waals surface area contributed by atoms with Crippen molar-refractivity contribution in [3.63, 3.8) is 0 Å². The normalized spacial score (nSPS) is 29.0. The molecule has 1 saturated carbocycles. The Morgan fingerprint density at radius 3 is 2.21 bits per heavy atom. The van der Waals surface area contributed by atoms with Crippen molar-refractivity contribution in [1.82, 2.24) is 0 Å². The number of hydrogen-bond donors (Lipinski definition) is 0. The maximum atomic E-state index is 10.7. The first-order valence-corrected chi connectivity index (χ1v) is 6.70. The minimum atomic E-state index is -3.27.